The molecule has 1 amide bonds. The average Bonchev–Trinajstić information content (AvgIpc) is 2.40. The number of carbonyl (C=O) groups is 1. The van der Waals surface area contributed by atoms with Crippen LogP contribution < -0.4 is 5.43 Å². The minimum Gasteiger partial charge on any atom is -0.439 e. The number of nitrogens with one attached hydrogen (secondary N) is 1. The third kappa shape index (κ3) is 6.16. The molecule has 124 valence electrons. The lowest BCUT2D eigenvalue weighted by Crippen LogP contribution is -2.40. The van der Waals surface area contributed by atoms with Crippen LogP contribution in [0.25, 0.3) is 0 Å². The Kier molecular flexibility index (Phi) is 5.58. The van der Waals surface area contributed by atoms with Crippen LogP contribution >= 0.6 is 0 Å². The lowest BCUT2D eigenvalue weighted by atomic mass is 10.2. The smallest absolute Gasteiger partial charge is 0.424 e. The SMILES string of the molecule is CN(NCc1ccc(C(F)(F)F)cn1)C(=O)OCC(F)(F)F. The summed E-state index contributed by atoms with van der Waals surface area (Å²) in [6.07, 6.45) is -9.84. The number of rotatable bonds is 4. The molecular weight excluding hydrogens is 320 g/mol. The first-order valence-electron chi connectivity index (χ1n) is 5.72. The van der Waals surface area contributed by atoms with E-state index in [1.807, 2.05) is 0 Å². The van der Waals surface area contributed by atoms with Gasteiger partial charge in [-0.2, -0.15) is 26.3 Å². The van der Waals surface area contributed by atoms with Crippen molar-refractivity contribution in [3.05, 3.63) is 29.6 Å². The highest BCUT2D eigenvalue weighted by Crippen LogP contribution is 2.28. The predicted molar refractivity (Wildman–Crippen MR) is 61.2 cm³/mol. The van der Waals surface area contributed by atoms with Gasteiger partial charge in [0.2, 0.25) is 0 Å². The highest BCUT2D eigenvalue weighted by atomic mass is 19.4. The maximum Gasteiger partial charge on any atom is 0.424 e. The number of carbonyl (C=O) groups excluding carboxylic acids is 1. The van der Waals surface area contributed by atoms with E-state index in [9.17, 15) is 31.1 Å². The largest absolute Gasteiger partial charge is 0.439 e. The van der Waals surface area contributed by atoms with Crippen molar-refractivity contribution in [1.82, 2.24) is 15.4 Å². The molecule has 0 bridgehead atoms. The van der Waals surface area contributed by atoms with E-state index in [-0.39, 0.29) is 12.2 Å². The van der Waals surface area contributed by atoms with Gasteiger partial charge in [-0.15, -0.1) is 0 Å². The van der Waals surface area contributed by atoms with Crippen LogP contribution in [0.3, 0.4) is 0 Å². The predicted octanol–water partition coefficient (Wildman–Crippen LogP) is 2.74. The molecule has 0 spiro atoms. The van der Waals surface area contributed by atoms with Crippen molar-refractivity contribution in [2.45, 2.75) is 18.9 Å². The fraction of sp³-hybridized carbons (Fsp3) is 0.455. The van der Waals surface area contributed by atoms with Gasteiger partial charge in [-0.05, 0) is 12.1 Å². The molecule has 1 aromatic rings. The Morgan fingerprint density at radius 2 is 1.91 bits per heavy atom. The summed E-state index contributed by atoms with van der Waals surface area (Å²) in [6, 6.07) is 1.87. The molecule has 0 unspecified atom stereocenters. The Morgan fingerprint density at radius 1 is 1.27 bits per heavy atom. The van der Waals surface area contributed by atoms with Crippen LogP contribution in [0.4, 0.5) is 31.1 Å². The molecule has 11 heteroatoms. The van der Waals surface area contributed by atoms with Crippen molar-refractivity contribution < 1.29 is 35.9 Å². The molecule has 22 heavy (non-hydrogen) atoms. The number of pyridine rings is 1. The third-order valence-corrected chi connectivity index (χ3v) is 2.28. The first-order valence-corrected chi connectivity index (χ1v) is 5.72. The van der Waals surface area contributed by atoms with E-state index < -0.39 is 30.6 Å². The van der Waals surface area contributed by atoms with Crippen molar-refractivity contribution in [3.8, 4) is 0 Å². The maximum atomic E-state index is 12.3. The van der Waals surface area contributed by atoms with E-state index in [2.05, 4.69) is 15.1 Å². The Hall–Kier alpha value is -2.04. The van der Waals surface area contributed by atoms with Crippen molar-refractivity contribution >= 4 is 6.09 Å². The number of ether oxygens (including phenoxy) is 1. The standard InChI is InChI=1S/C11H11F6N3O2/c1-20(9(21)22-6-10(12,13)14)19-5-8-3-2-7(4-18-8)11(15,16)17/h2-4,19H,5-6H2,1H3. The van der Waals surface area contributed by atoms with Gasteiger partial charge >= 0.3 is 18.4 Å². The minimum absolute atomic E-state index is 0.156. The lowest BCUT2D eigenvalue weighted by molar-refractivity contribution is -0.162. The Morgan fingerprint density at radius 3 is 2.36 bits per heavy atom. The highest BCUT2D eigenvalue weighted by molar-refractivity contribution is 5.66. The fourth-order valence-corrected chi connectivity index (χ4v) is 1.20. The topological polar surface area (TPSA) is 54.5 Å². The number of aromatic nitrogens is 1. The second kappa shape index (κ2) is 6.81. The molecule has 1 aromatic heterocycles. The van der Waals surface area contributed by atoms with Crippen LogP contribution in [0, 0.1) is 0 Å². The summed E-state index contributed by atoms with van der Waals surface area (Å²) in [5, 5.41) is 0.630. The van der Waals surface area contributed by atoms with E-state index in [0.29, 0.717) is 11.2 Å². The number of hydrazine groups is 1. The van der Waals surface area contributed by atoms with Crippen LogP contribution in [0.5, 0.6) is 0 Å². The van der Waals surface area contributed by atoms with Crippen molar-refractivity contribution in [1.29, 1.82) is 0 Å². The van der Waals surface area contributed by atoms with Gasteiger partial charge < -0.3 is 4.74 Å². The Balaban J connectivity index is 2.47. The monoisotopic (exact) mass is 331 g/mol. The van der Waals surface area contributed by atoms with Crippen molar-refractivity contribution in [3.63, 3.8) is 0 Å². The molecule has 0 radical (unpaired) electrons. The molecule has 0 saturated heterocycles. The fourth-order valence-electron chi connectivity index (χ4n) is 1.20. The van der Waals surface area contributed by atoms with Crippen LogP contribution in [-0.4, -0.2) is 35.9 Å². The van der Waals surface area contributed by atoms with Crippen LogP contribution in [0.2, 0.25) is 0 Å². The molecule has 1 N–H and O–H groups in total. The van der Waals surface area contributed by atoms with Crippen LogP contribution in [0.15, 0.2) is 18.3 Å². The van der Waals surface area contributed by atoms with Gasteiger partial charge in [0.15, 0.2) is 6.61 Å². The van der Waals surface area contributed by atoms with Gasteiger partial charge in [-0.1, -0.05) is 0 Å². The van der Waals surface area contributed by atoms with Crippen LogP contribution in [0.1, 0.15) is 11.3 Å². The minimum atomic E-state index is -4.65. The van der Waals surface area contributed by atoms with Gasteiger partial charge in [-0.25, -0.2) is 15.2 Å². The zero-order chi connectivity index (χ0) is 17.0. The molecule has 0 saturated carbocycles. The summed E-state index contributed by atoms with van der Waals surface area (Å²) >= 11 is 0. The molecule has 0 fully saturated rings. The molecule has 1 heterocycles. The average molecular weight is 331 g/mol. The van der Waals surface area contributed by atoms with Crippen molar-refractivity contribution in [2.24, 2.45) is 0 Å². The normalized spacial score (nSPS) is 12.1. The summed E-state index contributed by atoms with van der Waals surface area (Å²) in [4.78, 5) is 14.7. The number of halogens is 6. The second-order valence-corrected chi connectivity index (χ2v) is 4.10. The van der Waals surface area contributed by atoms with E-state index in [1.54, 1.807) is 0 Å². The van der Waals surface area contributed by atoms with Crippen molar-refractivity contribution in [2.75, 3.05) is 13.7 Å². The molecular formula is C11H11F6N3O2. The number of hydrogen-bond acceptors (Lipinski definition) is 4. The zero-order valence-corrected chi connectivity index (χ0v) is 11.1. The van der Waals surface area contributed by atoms with Gasteiger partial charge in [0, 0.05) is 13.2 Å². The summed E-state index contributed by atoms with van der Waals surface area (Å²) in [5.41, 5.74) is 1.56. The molecule has 0 aliphatic carbocycles. The van der Waals surface area contributed by atoms with E-state index >= 15 is 0 Å². The van der Waals surface area contributed by atoms with E-state index in [4.69, 9.17) is 0 Å². The number of nitrogens with zero attached hydrogens (tertiary/aromatic N) is 2. The summed E-state index contributed by atoms with van der Waals surface area (Å²) in [7, 11) is 1.10. The van der Waals surface area contributed by atoms with Crippen LogP contribution in [-0.2, 0) is 17.5 Å². The number of amides is 1. The molecule has 0 aliphatic heterocycles. The zero-order valence-electron chi connectivity index (χ0n) is 11.1. The Labute approximate surface area is 120 Å². The van der Waals surface area contributed by atoms with E-state index in [0.717, 1.165) is 19.2 Å². The number of hydrogen-bond donors (Lipinski definition) is 1. The Bertz CT molecular complexity index is 500. The van der Waals surface area contributed by atoms with Gasteiger partial charge in [-0.3, -0.25) is 4.98 Å². The first-order chi connectivity index (χ1) is 9.99. The van der Waals surface area contributed by atoms with Gasteiger partial charge in [0.05, 0.1) is 17.8 Å². The molecule has 5 nitrogen and oxygen atoms in total. The third-order valence-electron chi connectivity index (χ3n) is 2.28. The molecule has 0 aromatic carbocycles. The summed E-state index contributed by atoms with van der Waals surface area (Å²) in [5.74, 6) is 0. The molecule has 0 atom stereocenters. The molecule has 0 aliphatic rings. The van der Waals surface area contributed by atoms with E-state index in [1.165, 1.54) is 0 Å². The maximum absolute atomic E-state index is 12.3. The lowest BCUT2D eigenvalue weighted by Gasteiger charge is -2.18. The summed E-state index contributed by atoms with van der Waals surface area (Å²) in [6.45, 7) is -1.91. The second-order valence-electron chi connectivity index (χ2n) is 4.10. The number of alkyl halides is 6. The molecule has 1 rings (SSSR count). The van der Waals surface area contributed by atoms with Gasteiger partial charge in [0.25, 0.3) is 0 Å². The quantitative estimate of drug-likeness (QED) is 0.681. The van der Waals surface area contributed by atoms with Gasteiger partial charge in [0.1, 0.15) is 0 Å². The highest BCUT2D eigenvalue weighted by Gasteiger charge is 2.31. The first kappa shape index (κ1) is 18.0. The summed E-state index contributed by atoms with van der Waals surface area (Å²) < 4.78 is 76.4.